The Kier molecular flexibility index (Phi) is 5.48. The number of ether oxygens (including phenoxy) is 5. The van der Waals surface area contributed by atoms with Crippen LogP contribution in [-0.4, -0.2) is 43.8 Å². The van der Waals surface area contributed by atoms with Gasteiger partial charge in [-0.05, 0) is 42.1 Å². The molecule has 1 heterocycles. The monoisotopic (exact) mass is 426 g/mol. The molecule has 31 heavy (non-hydrogen) atoms. The van der Waals surface area contributed by atoms with Crippen molar-refractivity contribution in [1.29, 1.82) is 0 Å². The van der Waals surface area contributed by atoms with E-state index in [-0.39, 0.29) is 30.3 Å². The van der Waals surface area contributed by atoms with Crippen LogP contribution in [0.5, 0.6) is 28.7 Å². The van der Waals surface area contributed by atoms with Crippen molar-refractivity contribution in [1.82, 2.24) is 0 Å². The van der Waals surface area contributed by atoms with Crippen molar-refractivity contribution >= 4 is 16.7 Å². The Labute approximate surface area is 178 Å². The van der Waals surface area contributed by atoms with Gasteiger partial charge in [-0.2, -0.15) is 0 Å². The maximum Gasteiger partial charge on any atom is 0.339 e. The first-order valence-corrected chi connectivity index (χ1v) is 9.65. The SMILES string of the molecule is CCOC(=O)c1c(CO)c(O)c2cc(OC)c(OC)cc2c1-c1ccc2c(c1)OCO2. The highest BCUT2D eigenvalue weighted by Gasteiger charge is 2.28. The molecule has 3 aromatic rings. The predicted octanol–water partition coefficient (Wildman–Crippen LogP) is 3.63. The summed E-state index contributed by atoms with van der Waals surface area (Å²) < 4.78 is 27.0. The van der Waals surface area contributed by atoms with Crippen LogP contribution in [0.25, 0.3) is 21.9 Å². The summed E-state index contributed by atoms with van der Waals surface area (Å²) in [7, 11) is 2.98. The summed E-state index contributed by atoms with van der Waals surface area (Å²) in [6, 6.07) is 8.55. The average Bonchev–Trinajstić information content (AvgIpc) is 3.26. The van der Waals surface area contributed by atoms with E-state index in [1.807, 2.05) is 0 Å². The Bertz CT molecular complexity index is 1170. The van der Waals surface area contributed by atoms with Gasteiger partial charge < -0.3 is 33.9 Å². The van der Waals surface area contributed by atoms with E-state index < -0.39 is 12.6 Å². The van der Waals surface area contributed by atoms with Crippen molar-refractivity contribution in [3.8, 4) is 39.9 Å². The lowest BCUT2D eigenvalue weighted by Gasteiger charge is -2.20. The van der Waals surface area contributed by atoms with Crippen LogP contribution in [0.1, 0.15) is 22.8 Å². The summed E-state index contributed by atoms with van der Waals surface area (Å²) in [5.41, 5.74) is 1.22. The zero-order valence-corrected chi connectivity index (χ0v) is 17.4. The lowest BCUT2D eigenvalue weighted by molar-refractivity contribution is 0.0523. The van der Waals surface area contributed by atoms with Gasteiger partial charge in [-0.1, -0.05) is 6.07 Å². The minimum atomic E-state index is -0.661. The molecule has 162 valence electrons. The number of methoxy groups -OCH3 is 2. The summed E-state index contributed by atoms with van der Waals surface area (Å²) in [6.07, 6.45) is 0. The molecular formula is C23H22O8. The zero-order chi connectivity index (χ0) is 22.1. The van der Waals surface area contributed by atoms with Gasteiger partial charge in [-0.25, -0.2) is 4.79 Å². The number of aromatic hydroxyl groups is 1. The van der Waals surface area contributed by atoms with E-state index in [1.54, 1.807) is 37.3 Å². The van der Waals surface area contributed by atoms with Gasteiger partial charge in [0.2, 0.25) is 6.79 Å². The van der Waals surface area contributed by atoms with Gasteiger partial charge in [0.25, 0.3) is 0 Å². The van der Waals surface area contributed by atoms with E-state index in [9.17, 15) is 15.0 Å². The molecule has 0 saturated heterocycles. The molecule has 0 fully saturated rings. The van der Waals surface area contributed by atoms with Gasteiger partial charge in [0.15, 0.2) is 23.0 Å². The summed E-state index contributed by atoms with van der Waals surface area (Å²) in [5.74, 6) is 1.04. The topological polar surface area (TPSA) is 104 Å². The van der Waals surface area contributed by atoms with E-state index in [1.165, 1.54) is 14.2 Å². The van der Waals surface area contributed by atoms with Crippen molar-refractivity contribution in [2.24, 2.45) is 0 Å². The number of benzene rings is 3. The fourth-order valence-electron chi connectivity index (χ4n) is 3.78. The van der Waals surface area contributed by atoms with E-state index >= 15 is 0 Å². The quantitative estimate of drug-likeness (QED) is 0.576. The van der Waals surface area contributed by atoms with Crippen molar-refractivity contribution in [2.45, 2.75) is 13.5 Å². The molecule has 0 aromatic heterocycles. The second-order valence-corrected chi connectivity index (χ2v) is 6.78. The number of phenols is 1. The molecule has 0 unspecified atom stereocenters. The number of carbonyl (C=O) groups is 1. The smallest absolute Gasteiger partial charge is 0.339 e. The molecule has 1 aliphatic rings. The van der Waals surface area contributed by atoms with Crippen LogP contribution >= 0.6 is 0 Å². The first-order chi connectivity index (χ1) is 15.0. The van der Waals surface area contributed by atoms with E-state index in [2.05, 4.69) is 0 Å². The molecule has 0 aliphatic carbocycles. The Balaban J connectivity index is 2.14. The highest BCUT2D eigenvalue weighted by atomic mass is 16.7. The molecule has 4 rings (SSSR count). The highest BCUT2D eigenvalue weighted by Crippen LogP contribution is 2.47. The Morgan fingerprint density at radius 3 is 2.35 bits per heavy atom. The maximum atomic E-state index is 13.0. The Morgan fingerprint density at radius 2 is 1.71 bits per heavy atom. The van der Waals surface area contributed by atoms with E-state index in [4.69, 9.17) is 23.7 Å². The van der Waals surface area contributed by atoms with Gasteiger partial charge in [0.1, 0.15) is 5.75 Å². The molecule has 8 heteroatoms. The molecule has 8 nitrogen and oxygen atoms in total. The molecule has 1 aliphatic heterocycles. The number of fused-ring (bicyclic) bond motifs is 2. The van der Waals surface area contributed by atoms with Gasteiger partial charge in [-0.15, -0.1) is 0 Å². The van der Waals surface area contributed by atoms with Crippen LogP contribution in [0.4, 0.5) is 0 Å². The third kappa shape index (κ3) is 3.34. The number of aliphatic hydroxyl groups excluding tert-OH is 1. The molecule has 0 radical (unpaired) electrons. The number of rotatable bonds is 6. The normalized spacial score (nSPS) is 12.1. The summed E-state index contributed by atoms with van der Waals surface area (Å²) in [5, 5.41) is 21.9. The standard InChI is InChI=1S/C23H22O8/c1-4-29-23(26)21-15(10-24)22(25)14-9-18(28-3)17(27-2)8-13(14)20(21)12-5-6-16-19(7-12)31-11-30-16/h5-9,24-25H,4,10-11H2,1-3H3. The Morgan fingerprint density at radius 1 is 1.03 bits per heavy atom. The highest BCUT2D eigenvalue weighted by molar-refractivity contribution is 6.12. The molecule has 3 aromatic carbocycles. The van der Waals surface area contributed by atoms with Gasteiger partial charge >= 0.3 is 5.97 Å². The summed E-state index contributed by atoms with van der Waals surface area (Å²) in [4.78, 5) is 13.0. The molecule has 0 atom stereocenters. The second kappa shape index (κ2) is 8.23. The predicted molar refractivity (Wildman–Crippen MR) is 112 cm³/mol. The van der Waals surface area contributed by atoms with Crippen LogP contribution in [0, 0.1) is 0 Å². The number of hydrogen-bond acceptors (Lipinski definition) is 8. The maximum absolute atomic E-state index is 13.0. The molecular weight excluding hydrogens is 404 g/mol. The first-order valence-electron chi connectivity index (χ1n) is 9.65. The summed E-state index contributed by atoms with van der Waals surface area (Å²) in [6.45, 7) is 1.36. The van der Waals surface area contributed by atoms with Crippen LogP contribution < -0.4 is 18.9 Å². The lowest BCUT2D eigenvalue weighted by Crippen LogP contribution is -2.11. The molecule has 0 bridgehead atoms. The lowest BCUT2D eigenvalue weighted by atomic mass is 9.88. The van der Waals surface area contributed by atoms with Gasteiger partial charge in [-0.3, -0.25) is 0 Å². The first kappa shape index (κ1) is 20.6. The third-order valence-corrected chi connectivity index (χ3v) is 5.18. The fourth-order valence-corrected chi connectivity index (χ4v) is 3.78. The minimum Gasteiger partial charge on any atom is -0.507 e. The zero-order valence-electron chi connectivity index (χ0n) is 17.4. The number of hydrogen-bond donors (Lipinski definition) is 2. The number of aliphatic hydroxyl groups is 1. The molecule has 0 amide bonds. The van der Waals surface area contributed by atoms with Crippen LogP contribution in [0.3, 0.4) is 0 Å². The van der Waals surface area contributed by atoms with Crippen LogP contribution in [-0.2, 0) is 11.3 Å². The summed E-state index contributed by atoms with van der Waals surface area (Å²) >= 11 is 0. The van der Waals surface area contributed by atoms with E-state index in [0.29, 0.717) is 44.9 Å². The molecule has 0 spiro atoms. The van der Waals surface area contributed by atoms with Crippen molar-refractivity contribution in [3.63, 3.8) is 0 Å². The third-order valence-electron chi connectivity index (χ3n) is 5.18. The second-order valence-electron chi connectivity index (χ2n) is 6.78. The number of carbonyl (C=O) groups excluding carboxylic acids is 1. The fraction of sp³-hybridized carbons (Fsp3) is 0.261. The largest absolute Gasteiger partial charge is 0.507 e. The minimum absolute atomic E-state index is 0.0610. The Hall–Kier alpha value is -3.65. The van der Waals surface area contributed by atoms with Gasteiger partial charge in [0, 0.05) is 16.5 Å². The van der Waals surface area contributed by atoms with Crippen molar-refractivity contribution < 1.29 is 38.7 Å². The van der Waals surface area contributed by atoms with Gasteiger partial charge in [0.05, 0.1) is 33.0 Å². The molecule has 0 saturated carbocycles. The van der Waals surface area contributed by atoms with Crippen LogP contribution in [0.15, 0.2) is 30.3 Å². The van der Waals surface area contributed by atoms with Crippen molar-refractivity contribution in [3.05, 3.63) is 41.5 Å². The van der Waals surface area contributed by atoms with Crippen molar-refractivity contribution in [2.75, 3.05) is 27.6 Å². The van der Waals surface area contributed by atoms with E-state index in [0.717, 1.165) is 0 Å². The van der Waals surface area contributed by atoms with Crippen LogP contribution in [0.2, 0.25) is 0 Å². The average molecular weight is 426 g/mol. The number of esters is 1. The molecule has 2 N–H and O–H groups in total.